The van der Waals surface area contributed by atoms with E-state index in [-0.39, 0.29) is 12.0 Å². The van der Waals surface area contributed by atoms with Gasteiger partial charge in [0.1, 0.15) is 11.4 Å². The van der Waals surface area contributed by atoms with Crippen LogP contribution in [0.3, 0.4) is 0 Å². The Labute approximate surface area is 268 Å². The van der Waals surface area contributed by atoms with E-state index >= 15 is 0 Å². The highest BCUT2D eigenvalue weighted by Gasteiger charge is 2.26. The van der Waals surface area contributed by atoms with Gasteiger partial charge in [-0.25, -0.2) is 4.79 Å². The Morgan fingerprint density at radius 1 is 0.932 bits per heavy atom. The fraction of sp³-hybridized carbons (Fsp3) is 0.389. The number of rotatable bonds is 11. The maximum Gasteiger partial charge on any atom is 0.410 e. The molecule has 0 unspecified atom stereocenters. The number of nitrogens with zero attached hydrogens (tertiary/aromatic N) is 3. The maximum absolute atomic E-state index is 12.5. The van der Waals surface area contributed by atoms with Crippen LogP contribution in [0.4, 0.5) is 10.5 Å². The third-order valence-corrected chi connectivity index (χ3v) is 7.97. The Kier molecular flexibility index (Phi) is 11.8. The third-order valence-electron chi connectivity index (χ3n) is 7.61. The first-order valence-corrected chi connectivity index (χ1v) is 15.7. The van der Waals surface area contributed by atoms with Crippen molar-refractivity contribution in [1.82, 2.24) is 14.7 Å². The second-order valence-corrected chi connectivity index (χ2v) is 12.6. The van der Waals surface area contributed by atoms with Gasteiger partial charge in [0.25, 0.3) is 0 Å². The van der Waals surface area contributed by atoms with Crippen LogP contribution in [0, 0.1) is 0 Å². The molecule has 4 rings (SSSR count). The molecular weight excluding hydrogens is 568 g/mol. The first-order valence-electron chi connectivity index (χ1n) is 15.3. The van der Waals surface area contributed by atoms with Crippen molar-refractivity contribution in [2.24, 2.45) is 0 Å². The number of hydrogen-bond donors (Lipinski definition) is 1. The van der Waals surface area contributed by atoms with Crippen LogP contribution in [-0.2, 0) is 4.74 Å². The van der Waals surface area contributed by atoms with E-state index in [1.165, 1.54) is 11.1 Å². The summed E-state index contributed by atoms with van der Waals surface area (Å²) < 4.78 is 10.9. The smallest absolute Gasteiger partial charge is 0.410 e. The summed E-state index contributed by atoms with van der Waals surface area (Å²) in [5.74, 6) is 1.03. The number of anilines is 1. The van der Waals surface area contributed by atoms with Crippen LogP contribution in [0.25, 0.3) is 0 Å². The molecule has 0 aliphatic carbocycles. The van der Waals surface area contributed by atoms with Gasteiger partial charge in [-0.3, -0.25) is 4.90 Å². The fourth-order valence-corrected chi connectivity index (χ4v) is 5.64. The molecule has 1 saturated heterocycles. The van der Waals surface area contributed by atoms with Crippen molar-refractivity contribution in [1.29, 1.82) is 0 Å². The van der Waals surface area contributed by atoms with Gasteiger partial charge in [0, 0.05) is 57.4 Å². The number of thiocarbonyl (C=S) groups is 1. The van der Waals surface area contributed by atoms with E-state index in [1.54, 1.807) is 12.0 Å². The number of hydrogen-bond acceptors (Lipinski definition) is 5. The van der Waals surface area contributed by atoms with Crippen molar-refractivity contribution < 1.29 is 14.3 Å². The first-order chi connectivity index (χ1) is 21.1. The van der Waals surface area contributed by atoms with E-state index < -0.39 is 5.60 Å². The Morgan fingerprint density at radius 2 is 1.50 bits per heavy atom. The minimum absolute atomic E-state index is 0.234. The Morgan fingerprint density at radius 3 is 2.02 bits per heavy atom. The quantitative estimate of drug-likeness (QED) is 0.184. The van der Waals surface area contributed by atoms with E-state index in [1.807, 2.05) is 45.0 Å². The van der Waals surface area contributed by atoms with Gasteiger partial charge in [0.15, 0.2) is 5.11 Å². The molecule has 0 bridgehead atoms. The average molecular weight is 615 g/mol. The van der Waals surface area contributed by atoms with E-state index in [2.05, 4.69) is 82.4 Å². The molecule has 3 aromatic carbocycles. The third kappa shape index (κ3) is 10.1. The summed E-state index contributed by atoms with van der Waals surface area (Å²) in [6.07, 6.45) is 0.642. The minimum Gasteiger partial charge on any atom is -0.497 e. The molecule has 1 aliphatic heterocycles. The van der Waals surface area contributed by atoms with Gasteiger partial charge >= 0.3 is 6.09 Å². The zero-order chi connectivity index (χ0) is 31.5. The van der Waals surface area contributed by atoms with E-state index in [4.69, 9.17) is 21.7 Å². The van der Waals surface area contributed by atoms with Crippen molar-refractivity contribution >= 4 is 29.1 Å². The minimum atomic E-state index is -0.496. The van der Waals surface area contributed by atoms with Gasteiger partial charge in [-0.15, -0.1) is 0 Å². The number of amides is 1. The summed E-state index contributed by atoms with van der Waals surface area (Å²) in [5, 5.41) is 4.09. The lowest BCUT2D eigenvalue weighted by molar-refractivity contribution is 0.0152. The molecule has 7 nitrogen and oxygen atoms in total. The molecule has 44 heavy (non-hydrogen) atoms. The van der Waals surface area contributed by atoms with Gasteiger partial charge < -0.3 is 24.6 Å². The van der Waals surface area contributed by atoms with Gasteiger partial charge in [0.05, 0.1) is 7.11 Å². The Balaban J connectivity index is 1.43. The van der Waals surface area contributed by atoms with E-state index in [9.17, 15) is 4.79 Å². The van der Waals surface area contributed by atoms with Crippen molar-refractivity contribution in [3.8, 4) is 5.75 Å². The molecule has 0 spiro atoms. The highest BCUT2D eigenvalue weighted by atomic mass is 32.1. The molecular formula is C36H46N4O3S. The SMILES string of the molecule is C=C(CN1CCN(C(=O)OC(C)(C)C)CC1)CN(CCC(c1ccccc1)c1ccccc1)C(=S)Nc1ccc(OC)cc1. The molecule has 1 heterocycles. The topological polar surface area (TPSA) is 57.3 Å². The number of nitrogens with one attached hydrogen (secondary N) is 1. The number of piperazine rings is 1. The van der Waals surface area contributed by atoms with Crippen LogP contribution < -0.4 is 10.1 Å². The predicted molar refractivity (Wildman–Crippen MR) is 184 cm³/mol. The van der Waals surface area contributed by atoms with Crippen LogP contribution in [0.5, 0.6) is 5.75 Å². The van der Waals surface area contributed by atoms with Crippen molar-refractivity contribution in [3.05, 3.63) is 108 Å². The summed E-state index contributed by atoms with van der Waals surface area (Å²) in [4.78, 5) is 18.9. The number of carbonyl (C=O) groups is 1. The number of carbonyl (C=O) groups excluding carboxylic acids is 1. The van der Waals surface area contributed by atoms with Gasteiger partial charge in [-0.05, 0) is 80.4 Å². The largest absolute Gasteiger partial charge is 0.497 e. The molecule has 3 aromatic rings. The van der Waals surface area contributed by atoms with Crippen LogP contribution in [0.2, 0.25) is 0 Å². The number of ether oxygens (including phenoxy) is 2. The second kappa shape index (κ2) is 15.7. The molecule has 234 valence electrons. The van der Waals surface area contributed by atoms with Crippen molar-refractivity contribution in [3.63, 3.8) is 0 Å². The summed E-state index contributed by atoms with van der Waals surface area (Å²) in [7, 11) is 1.66. The van der Waals surface area contributed by atoms with Gasteiger partial charge in [-0.1, -0.05) is 67.2 Å². The van der Waals surface area contributed by atoms with Crippen molar-refractivity contribution in [2.45, 2.75) is 38.7 Å². The van der Waals surface area contributed by atoms with Crippen LogP contribution in [-0.4, -0.2) is 84.4 Å². The molecule has 8 heteroatoms. The standard InChI is InChI=1S/C36H46N4O3S/c1-28(26-38-22-24-39(25-23-38)35(41)43-36(2,3)4)27-40(34(44)37-31-16-18-32(42-5)19-17-31)21-20-33(29-12-8-6-9-13-29)30-14-10-7-11-15-30/h6-19,33H,1,20-27H2,2-5H3,(H,37,44). The first kappa shape index (κ1) is 33.0. The molecule has 1 aliphatic rings. The zero-order valence-corrected chi connectivity index (χ0v) is 27.3. The average Bonchev–Trinajstić information content (AvgIpc) is 3.01. The lowest BCUT2D eigenvalue weighted by Gasteiger charge is -2.36. The maximum atomic E-state index is 12.5. The molecule has 0 aromatic heterocycles. The number of methoxy groups -OCH3 is 1. The molecule has 0 radical (unpaired) electrons. The zero-order valence-electron chi connectivity index (χ0n) is 26.5. The van der Waals surface area contributed by atoms with Gasteiger partial charge in [0.2, 0.25) is 0 Å². The van der Waals surface area contributed by atoms with Crippen LogP contribution in [0.1, 0.15) is 44.2 Å². The highest BCUT2D eigenvalue weighted by Crippen LogP contribution is 2.28. The van der Waals surface area contributed by atoms with Crippen LogP contribution >= 0.6 is 12.2 Å². The van der Waals surface area contributed by atoms with E-state index in [0.29, 0.717) is 24.7 Å². The predicted octanol–water partition coefficient (Wildman–Crippen LogP) is 7.03. The van der Waals surface area contributed by atoms with Gasteiger partial charge in [-0.2, -0.15) is 0 Å². The Hall–Kier alpha value is -3.88. The molecule has 0 saturated carbocycles. The summed E-state index contributed by atoms with van der Waals surface area (Å²) >= 11 is 5.99. The van der Waals surface area contributed by atoms with Crippen LogP contribution in [0.15, 0.2) is 97.1 Å². The summed E-state index contributed by atoms with van der Waals surface area (Å²) in [5.41, 5.74) is 4.06. The Bertz CT molecular complexity index is 1310. The molecule has 0 atom stereocenters. The fourth-order valence-electron chi connectivity index (χ4n) is 5.36. The highest BCUT2D eigenvalue weighted by molar-refractivity contribution is 7.80. The monoisotopic (exact) mass is 614 g/mol. The molecule has 1 fully saturated rings. The second-order valence-electron chi connectivity index (χ2n) is 12.2. The lowest BCUT2D eigenvalue weighted by Crippen LogP contribution is -2.50. The van der Waals surface area contributed by atoms with E-state index in [0.717, 1.165) is 49.6 Å². The molecule has 1 N–H and O–H groups in total. The number of benzene rings is 3. The lowest BCUT2D eigenvalue weighted by atomic mass is 9.88. The summed E-state index contributed by atoms with van der Waals surface area (Å²) in [6, 6.07) is 29.1. The van der Waals surface area contributed by atoms with Crippen molar-refractivity contribution in [2.75, 3.05) is 58.2 Å². The normalized spacial score (nSPS) is 13.8. The summed E-state index contributed by atoms with van der Waals surface area (Å²) in [6.45, 7) is 15.1. The molecule has 1 amide bonds.